The van der Waals surface area contributed by atoms with Crippen molar-refractivity contribution in [3.8, 4) is 5.75 Å². The van der Waals surface area contributed by atoms with Gasteiger partial charge in [0.15, 0.2) is 11.5 Å². The predicted molar refractivity (Wildman–Crippen MR) is 62.7 cm³/mol. The SMILES string of the molecule is CNC(=O)c1ccc(COc2c(F)c(F)c(F)c(F)c2F)o1. The van der Waals surface area contributed by atoms with Crippen molar-refractivity contribution in [2.24, 2.45) is 0 Å². The van der Waals surface area contributed by atoms with E-state index in [1.165, 1.54) is 19.2 Å². The van der Waals surface area contributed by atoms with Crippen LogP contribution >= 0.6 is 0 Å². The molecule has 1 heterocycles. The highest BCUT2D eigenvalue weighted by molar-refractivity contribution is 5.91. The van der Waals surface area contributed by atoms with E-state index in [1.54, 1.807) is 0 Å². The Morgan fingerprint density at radius 1 is 1.05 bits per heavy atom. The molecule has 0 saturated carbocycles. The molecule has 0 saturated heterocycles. The van der Waals surface area contributed by atoms with Gasteiger partial charge in [0.1, 0.15) is 12.4 Å². The Labute approximate surface area is 120 Å². The maximum atomic E-state index is 13.4. The van der Waals surface area contributed by atoms with Crippen LogP contribution in [0.25, 0.3) is 0 Å². The molecule has 2 aromatic rings. The summed E-state index contributed by atoms with van der Waals surface area (Å²) in [6.45, 7) is -0.630. The Kier molecular flexibility index (Phi) is 4.34. The maximum absolute atomic E-state index is 13.4. The Morgan fingerprint density at radius 2 is 1.59 bits per heavy atom. The molecule has 0 aliphatic carbocycles. The minimum Gasteiger partial charge on any atom is -0.479 e. The van der Waals surface area contributed by atoms with Gasteiger partial charge in [-0.2, -0.15) is 8.78 Å². The number of benzene rings is 1. The van der Waals surface area contributed by atoms with E-state index in [2.05, 4.69) is 10.1 Å². The third kappa shape index (κ3) is 2.74. The van der Waals surface area contributed by atoms with Crippen LogP contribution in [0.15, 0.2) is 16.5 Å². The molecule has 22 heavy (non-hydrogen) atoms. The zero-order chi connectivity index (χ0) is 16.4. The first-order valence-corrected chi connectivity index (χ1v) is 5.81. The molecule has 4 nitrogen and oxygen atoms in total. The van der Waals surface area contributed by atoms with Crippen LogP contribution in [-0.2, 0) is 6.61 Å². The van der Waals surface area contributed by atoms with E-state index in [0.717, 1.165) is 0 Å². The highest BCUT2D eigenvalue weighted by atomic mass is 19.2. The Morgan fingerprint density at radius 3 is 2.14 bits per heavy atom. The van der Waals surface area contributed by atoms with E-state index in [0.29, 0.717) is 0 Å². The molecule has 0 spiro atoms. The van der Waals surface area contributed by atoms with Crippen molar-refractivity contribution in [1.29, 1.82) is 0 Å². The molecule has 9 heteroatoms. The van der Waals surface area contributed by atoms with Gasteiger partial charge in [0.25, 0.3) is 5.91 Å². The van der Waals surface area contributed by atoms with Crippen molar-refractivity contribution in [1.82, 2.24) is 5.32 Å². The molecule has 0 fully saturated rings. The number of ether oxygens (including phenoxy) is 1. The molecule has 2 rings (SSSR count). The number of rotatable bonds is 4. The van der Waals surface area contributed by atoms with Gasteiger partial charge >= 0.3 is 0 Å². The number of furan rings is 1. The molecule has 1 amide bonds. The average Bonchev–Trinajstić information content (AvgIpc) is 2.99. The van der Waals surface area contributed by atoms with Crippen molar-refractivity contribution in [2.75, 3.05) is 7.05 Å². The van der Waals surface area contributed by atoms with E-state index in [9.17, 15) is 26.7 Å². The summed E-state index contributed by atoms with van der Waals surface area (Å²) >= 11 is 0. The highest BCUT2D eigenvalue weighted by Crippen LogP contribution is 2.29. The molecule has 0 radical (unpaired) electrons. The number of halogens is 5. The molecule has 0 atom stereocenters. The molecular formula is C13H8F5NO3. The summed E-state index contributed by atoms with van der Waals surface area (Å²) in [4.78, 5) is 11.2. The minimum absolute atomic E-state index is 0.0393. The van der Waals surface area contributed by atoms with Gasteiger partial charge in [-0.15, -0.1) is 0 Å². The summed E-state index contributed by atoms with van der Waals surface area (Å²) < 4.78 is 75.0. The second kappa shape index (κ2) is 6.04. The summed E-state index contributed by atoms with van der Waals surface area (Å²) in [6.07, 6.45) is 0. The number of carbonyl (C=O) groups is 1. The molecule has 0 aliphatic rings. The third-order valence-electron chi connectivity index (χ3n) is 2.64. The first kappa shape index (κ1) is 15.8. The van der Waals surface area contributed by atoms with Crippen molar-refractivity contribution in [3.05, 3.63) is 52.7 Å². The topological polar surface area (TPSA) is 51.5 Å². The fourth-order valence-corrected chi connectivity index (χ4v) is 1.56. The maximum Gasteiger partial charge on any atom is 0.286 e. The van der Waals surface area contributed by atoms with Gasteiger partial charge in [-0.05, 0) is 12.1 Å². The number of nitrogens with one attached hydrogen (secondary N) is 1. The summed E-state index contributed by atoms with van der Waals surface area (Å²) in [7, 11) is 1.36. The quantitative estimate of drug-likeness (QED) is 0.535. The third-order valence-corrected chi connectivity index (χ3v) is 2.64. The summed E-state index contributed by atoms with van der Waals surface area (Å²) in [5.41, 5.74) is 0. The van der Waals surface area contributed by atoms with Gasteiger partial charge in [0.2, 0.25) is 29.1 Å². The average molecular weight is 321 g/mol. The van der Waals surface area contributed by atoms with Gasteiger partial charge in [0, 0.05) is 7.05 Å². The zero-order valence-electron chi connectivity index (χ0n) is 11.0. The van der Waals surface area contributed by atoms with Gasteiger partial charge in [-0.1, -0.05) is 0 Å². The summed E-state index contributed by atoms with van der Waals surface area (Å²) in [5.74, 6) is -12.8. The smallest absolute Gasteiger partial charge is 0.286 e. The van der Waals surface area contributed by atoms with Crippen molar-refractivity contribution >= 4 is 5.91 Å². The minimum atomic E-state index is -2.28. The lowest BCUT2D eigenvalue weighted by atomic mass is 10.2. The lowest BCUT2D eigenvalue weighted by molar-refractivity contribution is 0.0931. The first-order valence-electron chi connectivity index (χ1n) is 5.81. The van der Waals surface area contributed by atoms with Crippen LogP contribution in [0, 0.1) is 29.1 Å². The van der Waals surface area contributed by atoms with E-state index < -0.39 is 47.3 Å². The lowest BCUT2D eigenvalue weighted by Gasteiger charge is -2.09. The number of hydrogen-bond donors (Lipinski definition) is 1. The molecule has 1 aromatic heterocycles. The number of amides is 1. The van der Waals surface area contributed by atoms with Gasteiger partial charge in [-0.25, -0.2) is 13.2 Å². The van der Waals surface area contributed by atoms with E-state index in [-0.39, 0.29) is 11.5 Å². The first-order chi connectivity index (χ1) is 10.4. The number of carbonyl (C=O) groups excluding carboxylic acids is 1. The second-order valence-electron chi connectivity index (χ2n) is 4.03. The standard InChI is InChI=1S/C13H8F5NO3/c1-19-13(20)6-3-2-5(22-6)4-21-12-10(17)8(15)7(14)9(16)11(12)18/h2-3H,4H2,1H3,(H,19,20). The fraction of sp³-hybridized carbons (Fsp3) is 0.154. The van der Waals surface area contributed by atoms with Crippen molar-refractivity contribution in [3.63, 3.8) is 0 Å². The van der Waals surface area contributed by atoms with Crippen LogP contribution in [0.3, 0.4) is 0 Å². The zero-order valence-corrected chi connectivity index (χ0v) is 11.0. The Balaban J connectivity index is 2.22. The monoisotopic (exact) mass is 321 g/mol. The van der Waals surface area contributed by atoms with Gasteiger partial charge < -0.3 is 14.5 Å². The fourth-order valence-electron chi connectivity index (χ4n) is 1.56. The molecular weight excluding hydrogens is 313 g/mol. The van der Waals surface area contributed by atoms with E-state index >= 15 is 0 Å². The molecule has 118 valence electrons. The molecule has 0 unspecified atom stereocenters. The van der Waals surface area contributed by atoms with Crippen LogP contribution in [0.5, 0.6) is 5.75 Å². The van der Waals surface area contributed by atoms with Crippen LogP contribution < -0.4 is 10.1 Å². The second-order valence-corrected chi connectivity index (χ2v) is 4.03. The van der Waals surface area contributed by atoms with Crippen LogP contribution in [-0.4, -0.2) is 13.0 Å². The Hall–Kier alpha value is -2.58. The normalized spacial score (nSPS) is 10.6. The van der Waals surface area contributed by atoms with Crippen molar-refractivity contribution in [2.45, 2.75) is 6.61 Å². The highest BCUT2D eigenvalue weighted by Gasteiger charge is 2.27. The van der Waals surface area contributed by atoms with Crippen LogP contribution in [0.1, 0.15) is 16.3 Å². The summed E-state index contributed by atoms with van der Waals surface area (Å²) in [5, 5.41) is 2.27. The van der Waals surface area contributed by atoms with Crippen molar-refractivity contribution < 1.29 is 35.9 Å². The molecule has 0 aliphatic heterocycles. The van der Waals surface area contributed by atoms with Gasteiger partial charge in [-0.3, -0.25) is 4.79 Å². The molecule has 1 N–H and O–H groups in total. The van der Waals surface area contributed by atoms with E-state index in [1.807, 2.05) is 0 Å². The lowest BCUT2D eigenvalue weighted by Crippen LogP contribution is -2.16. The summed E-state index contributed by atoms with van der Waals surface area (Å²) in [6, 6.07) is 2.52. The molecule has 0 bridgehead atoms. The molecule has 1 aromatic carbocycles. The van der Waals surface area contributed by atoms with Crippen LogP contribution in [0.4, 0.5) is 22.0 Å². The Bertz CT molecular complexity index is 700. The van der Waals surface area contributed by atoms with E-state index in [4.69, 9.17) is 4.42 Å². The predicted octanol–water partition coefficient (Wildman–Crippen LogP) is 2.91. The van der Waals surface area contributed by atoms with Gasteiger partial charge in [0.05, 0.1) is 0 Å². The van der Waals surface area contributed by atoms with Crippen LogP contribution in [0.2, 0.25) is 0 Å². The largest absolute Gasteiger partial charge is 0.479 e. The number of hydrogen-bond acceptors (Lipinski definition) is 3.